The van der Waals surface area contributed by atoms with Gasteiger partial charge in [-0.15, -0.1) is 0 Å². The molecule has 2 amide bonds. The Bertz CT molecular complexity index is 691. The van der Waals surface area contributed by atoms with Crippen LogP contribution in [0.25, 0.3) is 0 Å². The molecule has 25 heavy (non-hydrogen) atoms. The molecule has 1 aromatic rings. The van der Waals surface area contributed by atoms with E-state index in [1.54, 1.807) is 27.7 Å². The highest BCUT2D eigenvalue weighted by molar-refractivity contribution is 9.10. The van der Waals surface area contributed by atoms with E-state index in [2.05, 4.69) is 15.9 Å². The Morgan fingerprint density at radius 3 is 2.36 bits per heavy atom. The first-order chi connectivity index (χ1) is 11.5. The highest BCUT2D eigenvalue weighted by Crippen LogP contribution is 2.26. The Hall–Kier alpha value is -1.70. The zero-order chi connectivity index (χ0) is 18.9. The average Bonchev–Trinajstić information content (AvgIpc) is 2.49. The summed E-state index contributed by atoms with van der Waals surface area (Å²) in [5.74, 6) is -2.11. The lowest BCUT2D eigenvalue weighted by atomic mass is 10.1. The number of hydrogen-bond donors (Lipinski definition) is 0. The van der Waals surface area contributed by atoms with Gasteiger partial charge in [-0.25, -0.2) is 13.6 Å². The molecule has 1 aliphatic heterocycles. The predicted octanol–water partition coefficient (Wildman–Crippen LogP) is 3.81. The van der Waals surface area contributed by atoms with E-state index in [1.165, 1.54) is 9.80 Å². The molecule has 1 heterocycles. The van der Waals surface area contributed by atoms with Gasteiger partial charge in [-0.2, -0.15) is 0 Å². The zero-order valence-electron chi connectivity index (χ0n) is 14.6. The van der Waals surface area contributed by atoms with Gasteiger partial charge in [-0.1, -0.05) is 0 Å². The summed E-state index contributed by atoms with van der Waals surface area (Å²) >= 11 is 2.94. The van der Waals surface area contributed by atoms with Crippen LogP contribution >= 0.6 is 15.9 Å². The molecule has 1 fully saturated rings. The van der Waals surface area contributed by atoms with Gasteiger partial charge in [0.25, 0.3) is 5.91 Å². The largest absolute Gasteiger partial charge is 0.444 e. The summed E-state index contributed by atoms with van der Waals surface area (Å²) in [6.07, 6.45) is -0.454. The van der Waals surface area contributed by atoms with Gasteiger partial charge in [-0.3, -0.25) is 4.79 Å². The van der Waals surface area contributed by atoms with E-state index in [0.717, 1.165) is 12.1 Å². The molecular weight excluding hydrogens is 398 g/mol. The van der Waals surface area contributed by atoms with E-state index < -0.39 is 29.2 Å². The molecule has 138 valence electrons. The first-order valence-corrected chi connectivity index (χ1v) is 8.73. The first-order valence-electron chi connectivity index (χ1n) is 7.93. The molecule has 0 spiro atoms. The second-order valence-electron chi connectivity index (χ2n) is 6.99. The van der Waals surface area contributed by atoms with Crippen molar-refractivity contribution in [3.05, 3.63) is 33.8 Å². The van der Waals surface area contributed by atoms with Crippen LogP contribution in [0.1, 0.15) is 38.1 Å². The minimum absolute atomic E-state index is 0.195. The van der Waals surface area contributed by atoms with Crippen molar-refractivity contribution in [2.45, 2.75) is 39.3 Å². The number of amides is 2. The van der Waals surface area contributed by atoms with Gasteiger partial charge in [0, 0.05) is 25.7 Å². The van der Waals surface area contributed by atoms with Crippen molar-refractivity contribution in [2.24, 2.45) is 0 Å². The SMILES string of the molecule is C[C@H]1CN(C(=O)OC(C)(C)C)CCN1C(=O)c1c(F)ccc(F)c1Br. The Morgan fingerprint density at radius 1 is 1.20 bits per heavy atom. The number of nitrogens with zero attached hydrogens (tertiary/aromatic N) is 2. The smallest absolute Gasteiger partial charge is 0.410 e. The molecule has 1 aromatic carbocycles. The lowest BCUT2D eigenvalue weighted by molar-refractivity contribution is 0.00604. The fourth-order valence-corrected chi connectivity index (χ4v) is 3.11. The molecule has 1 atom stereocenters. The maximum Gasteiger partial charge on any atom is 0.410 e. The summed E-state index contributed by atoms with van der Waals surface area (Å²) in [4.78, 5) is 27.8. The third-order valence-corrected chi connectivity index (χ3v) is 4.57. The van der Waals surface area contributed by atoms with E-state index in [0.29, 0.717) is 0 Å². The second kappa shape index (κ2) is 7.27. The Balaban J connectivity index is 2.13. The minimum atomic E-state index is -0.792. The third-order valence-electron chi connectivity index (χ3n) is 3.80. The number of piperazine rings is 1. The van der Waals surface area contributed by atoms with Crippen molar-refractivity contribution in [1.82, 2.24) is 9.80 Å². The van der Waals surface area contributed by atoms with Crippen molar-refractivity contribution < 1.29 is 23.1 Å². The molecule has 2 rings (SSSR count). The Kier molecular flexibility index (Phi) is 5.71. The Morgan fingerprint density at radius 2 is 1.80 bits per heavy atom. The summed E-state index contributed by atoms with van der Waals surface area (Å²) in [7, 11) is 0. The molecular formula is C17H21BrF2N2O3. The molecule has 0 N–H and O–H groups in total. The molecule has 1 saturated heterocycles. The summed E-state index contributed by atoms with van der Waals surface area (Å²) in [5.41, 5.74) is -0.944. The zero-order valence-corrected chi connectivity index (χ0v) is 16.2. The van der Waals surface area contributed by atoms with E-state index in [1.807, 2.05) is 0 Å². The maximum atomic E-state index is 14.0. The van der Waals surface area contributed by atoms with Gasteiger partial charge in [0.1, 0.15) is 17.2 Å². The van der Waals surface area contributed by atoms with Gasteiger partial charge in [0.2, 0.25) is 0 Å². The van der Waals surface area contributed by atoms with Crippen LogP contribution in [-0.4, -0.2) is 53.1 Å². The molecule has 0 saturated carbocycles. The van der Waals surface area contributed by atoms with Crippen molar-refractivity contribution in [3.63, 3.8) is 0 Å². The van der Waals surface area contributed by atoms with Gasteiger partial charge in [0.05, 0.1) is 10.0 Å². The molecule has 1 aliphatic rings. The van der Waals surface area contributed by atoms with E-state index in [9.17, 15) is 18.4 Å². The van der Waals surface area contributed by atoms with Crippen LogP contribution in [0.5, 0.6) is 0 Å². The number of halogens is 3. The van der Waals surface area contributed by atoms with Crippen LogP contribution in [0, 0.1) is 11.6 Å². The van der Waals surface area contributed by atoms with Crippen LogP contribution < -0.4 is 0 Å². The molecule has 5 nitrogen and oxygen atoms in total. The topological polar surface area (TPSA) is 49.9 Å². The predicted molar refractivity (Wildman–Crippen MR) is 92.4 cm³/mol. The minimum Gasteiger partial charge on any atom is -0.444 e. The van der Waals surface area contributed by atoms with Crippen LogP contribution in [0.3, 0.4) is 0 Å². The molecule has 0 unspecified atom stereocenters. The van der Waals surface area contributed by atoms with Crippen LogP contribution in [0.15, 0.2) is 16.6 Å². The molecule has 0 aliphatic carbocycles. The normalized spacial score (nSPS) is 18.3. The van der Waals surface area contributed by atoms with Crippen LogP contribution in [-0.2, 0) is 4.74 Å². The van der Waals surface area contributed by atoms with Gasteiger partial charge in [0.15, 0.2) is 0 Å². The number of benzene rings is 1. The molecule has 8 heteroatoms. The first kappa shape index (κ1) is 19.6. The highest BCUT2D eigenvalue weighted by atomic mass is 79.9. The average molecular weight is 419 g/mol. The van der Waals surface area contributed by atoms with Crippen molar-refractivity contribution >= 4 is 27.9 Å². The quantitative estimate of drug-likeness (QED) is 0.651. The van der Waals surface area contributed by atoms with Gasteiger partial charge < -0.3 is 14.5 Å². The van der Waals surface area contributed by atoms with Crippen molar-refractivity contribution in [3.8, 4) is 0 Å². The highest BCUT2D eigenvalue weighted by Gasteiger charge is 2.34. The number of hydrogen-bond acceptors (Lipinski definition) is 3. The van der Waals surface area contributed by atoms with Gasteiger partial charge in [-0.05, 0) is 55.8 Å². The Labute approximate surface area is 154 Å². The lowest BCUT2D eigenvalue weighted by Crippen LogP contribution is -2.56. The van der Waals surface area contributed by atoms with Gasteiger partial charge >= 0.3 is 6.09 Å². The number of rotatable bonds is 1. The standard InChI is InChI=1S/C17H21BrF2N2O3/c1-10-9-21(16(24)25-17(2,3)4)7-8-22(10)15(23)13-11(19)5-6-12(20)14(13)18/h5-6,10H,7-9H2,1-4H3/t10-/m0/s1. The fourth-order valence-electron chi connectivity index (χ4n) is 2.62. The van der Waals surface area contributed by atoms with Crippen molar-refractivity contribution in [2.75, 3.05) is 19.6 Å². The molecule has 0 radical (unpaired) electrons. The van der Waals surface area contributed by atoms with E-state index >= 15 is 0 Å². The fraction of sp³-hybridized carbons (Fsp3) is 0.529. The number of carbonyl (C=O) groups excluding carboxylic acids is 2. The monoisotopic (exact) mass is 418 g/mol. The number of ether oxygens (including phenoxy) is 1. The summed E-state index contributed by atoms with van der Waals surface area (Å²) < 4.78 is 32.8. The van der Waals surface area contributed by atoms with E-state index in [-0.39, 0.29) is 35.7 Å². The molecule has 0 bridgehead atoms. The lowest BCUT2D eigenvalue weighted by Gasteiger charge is -2.40. The second-order valence-corrected chi connectivity index (χ2v) is 7.79. The summed E-state index contributed by atoms with van der Waals surface area (Å²) in [5, 5.41) is 0. The third kappa shape index (κ3) is 4.48. The number of carbonyl (C=O) groups is 2. The van der Waals surface area contributed by atoms with Crippen molar-refractivity contribution in [1.29, 1.82) is 0 Å². The maximum absolute atomic E-state index is 14.0. The van der Waals surface area contributed by atoms with Crippen LogP contribution in [0.4, 0.5) is 13.6 Å². The van der Waals surface area contributed by atoms with E-state index in [4.69, 9.17) is 4.74 Å². The van der Waals surface area contributed by atoms with Crippen LogP contribution in [0.2, 0.25) is 0 Å². The summed E-state index contributed by atoms with van der Waals surface area (Å²) in [6.45, 7) is 7.81. The molecule has 0 aromatic heterocycles. The summed E-state index contributed by atoms with van der Waals surface area (Å²) in [6, 6.07) is 1.53.